The lowest BCUT2D eigenvalue weighted by Crippen LogP contribution is -1.95. The minimum Gasteiger partial charge on any atom is -0.496 e. The summed E-state index contributed by atoms with van der Waals surface area (Å²) in [5.74, 6) is 0.332. The van der Waals surface area contributed by atoms with Crippen LogP contribution >= 0.6 is 11.3 Å². The number of aromatic nitrogens is 2. The molecule has 2 aromatic heterocycles. The monoisotopic (exact) mass is 277 g/mol. The van der Waals surface area contributed by atoms with Crippen LogP contribution in [0.3, 0.4) is 0 Å². The summed E-state index contributed by atoms with van der Waals surface area (Å²) in [7, 11) is 1.57. The zero-order valence-electron chi connectivity index (χ0n) is 10.3. The second-order valence-electron chi connectivity index (χ2n) is 4.05. The third-order valence-electron chi connectivity index (χ3n) is 2.91. The van der Waals surface area contributed by atoms with Gasteiger partial charge in [0.1, 0.15) is 11.6 Å². The number of fused-ring (bicyclic) bond motifs is 1. The van der Waals surface area contributed by atoms with Gasteiger partial charge in [-0.3, -0.25) is 4.40 Å². The molecule has 4 nitrogen and oxygen atoms in total. The Morgan fingerprint density at radius 1 is 1.47 bits per heavy atom. The lowest BCUT2D eigenvalue weighted by Gasteiger charge is -2.07. The molecule has 0 aliphatic rings. The molecule has 0 fully saturated rings. The van der Waals surface area contributed by atoms with Gasteiger partial charge in [0, 0.05) is 23.7 Å². The number of methoxy groups -OCH3 is 1. The average molecular weight is 277 g/mol. The van der Waals surface area contributed by atoms with Crippen LogP contribution < -0.4 is 10.5 Å². The number of hydrogen-bond donors (Lipinski definition) is 1. The predicted octanol–water partition coefficient (Wildman–Crippen LogP) is 2.67. The molecule has 2 heterocycles. The molecular formula is C13H12FN3OS. The molecule has 3 rings (SSSR count). The quantitative estimate of drug-likeness (QED) is 0.800. The highest BCUT2D eigenvalue weighted by molar-refractivity contribution is 7.15. The first-order valence-corrected chi connectivity index (χ1v) is 6.60. The highest BCUT2D eigenvalue weighted by atomic mass is 32.1. The summed E-state index contributed by atoms with van der Waals surface area (Å²) in [5.41, 5.74) is 7.95. The molecule has 6 heteroatoms. The largest absolute Gasteiger partial charge is 0.496 e. The Labute approximate surface area is 113 Å². The van der Waals surface area contributed by atoms with Crippen LogP contribution in [0.15, 0.2) is 29.8 Å². The molecule has 98 valence electrons. The van der Waals surface area contributed by atoms with E-state index in [0.717, 1.165) is 16.3 Å². The lowest BCUT2D eigenvalue weighted by atomic mass is 10.1. The van der Waals surface area contributed by atoms with Gasteiger partial charge in [0.05, 0.1) is 18.5 Å². The van der Waals surface area contributed by atoms with Crippen LogP contribution in [-0.2, 0) is 6.54 Å². The smallest absolute Gasteiger partial charge is 0.194 e. The van der Waals surface area contributed by atoms with Crippen LogP contribution in [0.25, 0.3) is 16.2 Å². The van der Waals surface area contributed by atoms with Gasteiger partial charge in [-0.25, -0.2) is 9.37 Å². The zero-order valence-corrected chi connectivity index (χ0v) is 11.1. The number of rotatable bonds is 3. The van der Waals surface area contributed by atoms with Gasteiger partial charge in [-0.15, -0.1) is 11.3 Å². The average Bonchev–Trinajstić information content (AvgIpc) is 2.97. The minimum atomic E-state index is -0.297. The second-order valence-corrected chi connectivity index (χ2v) is 4.89. The van der Waals surface area contributed by atoms with E-state index < -0.39 is 0 Å². The molecule has 0 saturated carbocycles. The van der Waals surface area contributed by atoms with E-state index in [2.05, 4.69) is 4.98 Å². The third-order valence-corrected chi connectivity index (χ3v) is 3.75. The van der Waals surface area contributed by atoms with Crippen molar-refractivity contribution in [2.45, 2.75) is 6.54 Å². The molecule has 0 bridgehead atoms. The number of thiazole rings is 1. The fraction of sp³-hybridized carbons (Fsp3) is 0.154. The topological polar surface area (TPSA) is 52.5 Å². The summed E-state index contributed by atoms with van der Waals surface area (Å²) in [6.45, 7) is 0.383. The van der Waals surface area contributed by atoms with E-state index in [1.165, 1.54) is 23.5 Å². The molecule has 0 aliphatic carbocycles. The van der Waals surface area contributed by atoms with Crippen molar-refractivity contribution in [3.63, 3.8) is 0 Å². The van der Waals surface area contributed by atoms with Crippen molar-refractivity contribution in [1.82, 2.24) is 9.38 Å². The summed E-state index contributed by atoms with van der Waals surface area (Å²) in [4.78, 5) is 5.21. The van der Waals surface area contributed by atoms with E-state index in [-0.39, 0.29) is 5.82 Å². The van der Waals surface area contributed by atoms with Crippen LogP contribution in [0.5, 0.6) is 5.75 Å². The maximum Gasteiger partial charge on any atom is 0.194 e. The molecule has 0 spiro atoms. The van der Waals surface area contributed by atoms with Crippen molar-refractivity contribution < 1.29 is 9.13 Å². The molecule has 2 N–H and O–H groups in total. The fourth-order valence-corrected chi connectivity index (χ4v) is 2.89. The van der Waals surface area contributed by atoms with Gasteiger partial charge in [-0.2, -0.15) is 0 Å². The van der Waals surface area contributed by atoms with Crippen molar-refractivity contribution in [3.05, 3.63) is 41.3 Å². The highest BCUT2D eigenvalue weighted by Gasteiger charge is 2.14. The number of ether oxygens (including phenoxy) is 1. The number of hydrogen-bond acceptors (Lipinski definition) is 4. The Kier molecular flexibility index (Phi) is 2.96. The Bertz CT molecular complexity index is 735. The summed E-state index contributed by atoms with van der Waals surface area (Å²) >= 11 is 1.49. The normalized spacial score (nSPS) is 11.1. The Morgan fingerprint density at radius 2 is 2.32 bits per heavy atom. The van der Waals surface area contributed by atoms with Gasteiger partial charge in [0.2, 0.25) is 0 Å². The van der Waals surface area contributed by atoms with Crippen LogP contribution in [-0.4, -0.2) is 16.5 Å². The van der Waals surface area contributed by atoms with Crippen molar-refractivity contribution in [2.75, 3.05) is 7.11 Å². The number of nitrogens with zero attached hydrogens (tertiary/aromatic N) is 2. The number of halogens is 1. The summed E-state index contributed by atoms with van der Waals surface area (Å²) in [6, 6.07) is 4.46. The standard InChI is InChI=1S/C13H12FN3OS/c1-18-12-3-2-8(14)4-10(12)11-7-19-13-16-9(5-15)6-17(11)13/h2-4,6-7H,5,15H2,1H3. The Balaban J connectivity index is 2.23. The maximum atomic E-state index is 13.4. The minimum absolute atomic E-state index is 0.297. The SMILES string of the molecule is COc1ccc(F)cc1-c1csc2nc(CN)cn12. The van der Waals surface area contributed by atoms with Crippen LogP contribution in [0.1, 0.15) is 5.69 Å². The Hall–Kier alpha value is -1.92. The van der Waals surface area contributed by atoms with Crippen LogP contribution in [0.2, 0.25) is 0 Å². The fourth-order valence-electron chi connectivity index (χ4n) is 2.00. The molecule has 3 aromatic rings. The predicted molar refractivity (Wildman–Crippen MR) is 72.9 cm³/mol. The molecule has 0 amide bonds. The highest BCUT2D eigenvalue weighted by Crippen LogP contribution is 2.33. The van der Waals surface area contributed by atoms with Gasteiger partial charge < -0.3 is 10.5 Å². The van der Waals surface area contributed by atoms with Gasteiger partial charge in [-0.05, 0) is 18.2 Å². The number of benzene rings is 1. The summed E-state index contributed by atoms with van der Waals surface area (Å²) in [6.07, 6.45) is 1.87. The van der Waals surface area contributed by atoms with E-state index in [1.807, 2.05) is 16.0 Å². The van der Waals surface area contributed by atoms with Gasteiger partial charge in [0.25, 0.3) is 0 Å². The van der Waals surface area contributed by atoms with E-state index in [1.54, 1.807) is 13.2 Å². The lowest BCUT2D eigenvalue weighted by molar-refractivity contribution is 0.415. The second kappa shape index (κ2) is 4.64. The molecule has 1 aromatic carbocycles. The molecular weight excluding hydrogens is 265 g/mol. The first kappa shape index (κ1) is 12.1. The number of nitrogens with two attached hydrogens (primary N) is 1. The van der Waals surface area contributed by atoms with E-state index in [0.29, 0.717) is 17.9 Å². The Morgan fingerprint density at radius 3 is 3.05 bits per heavy atom. The summed E-state index contributed by atoms with van der Waals surface area (Å²) in [5, 5.41) is 1.93. The van der Waals surface area contributed by atoms with E-state index in [4.69, 9.17) is 10.5 Å². The van der Waals surface area contributed by atoms with Crippen molar-refractivity contribution >= 4 is 16.3 Å². The molecule has 0 saturated heterocycles. The first-order chi connectivity index (χ1) is 9.22. The summed E-state index contributed by atoms with van der Waals surface area (Å²) < 4.78 is 20.6. The maximum absolute atomic E-state index is 13.4. The van der Waals surface area contributed by atoms with Gasteiger partial charge >= 0.3 is 0 Å². The molecule has 0 atom stereocenters. The van der Waals surface area contributed by atoms with Gasteiger partial charge in [-0.1, -0.05) is 0 Å². The van der Waals surface area contributed by atoms with Crippen molar-refractivity contribution in [2.24, 2.45) is 5.73 Å². The molecule has 0 aliphatic heterocycles. The number of imidazole rings is 1. The van der Waals surface area contributed by atoms with Crippen molar-refractivity contribution in [3.8, 4) is 17.0 Å². The van der Waals surface area contributed by atoms with Crippen LogP contribution in [0, 0.1) is 5.82 Å². The molecule has 19 heavy (non-hydrogen) atoms. The van der Waals surface area contributed by atoms with Crippen molar-refractivity contribution in [1.29, 1.82) is 0 Å². The molecule has 0 radical (unpaired) electrons. The van der Waals surface area contributed by atoms with Crippen LogP contribution in [0.4, 0.5) is 4.39 Å². The zero-order chi connectivity index (χ0) is 13.4. The molecule has 0 unspecified atom stereocenters. The van der Waals surface area contributed by atoms with E-state index in [9.17, 15) is 4.39 Å². The van der Waals surface area contributed by atoms with Gasteiger partial charge in [0.15, 0.2) is 4.96 Å². The van der Waals surface area contributed by atoms with E-state index >= 15 is 0 Å². The third kappa shape index (κ3) is 1.98. The first-order valence-electron chi connectivity index (χ1n) is 5.72.